The molecule has 1 fully saturated rings. The van der Waals surface area contributed by atoms with Crippen LogP contribution in [-0.2, 0) is 4.79 Å². The molecule has 0 aromatic heterocycles. The summed E-state index contributed by atoms with van der Waals surface area (Å²) < 4.78 is 0. The fourth-order valence-corrected chi connectivity index (χ4v) is 2.50. The number of hydrogen-bond acceptors (Lipinski definition) is 3. The molecule has 0 aliphatic carbocycles. The first-order valence-corrected chi connectivity index (χ1v) is 8.79. The molecule has 3 N–H and O–H groups in total. The van der Waals surface area contributed by atoms with Gasteiger partial charge in [-0.2, -0.15) is 0 Å². The Labute approximate surface area is 140 Å². The predicted octanol–water partition coefficient (Wildman–Crippen LogP) is 1.21. The molecule has 6 heteroatoms. The summed E-state index contributed by atoms with van der Waals surface area (Å²) in [6, 6.07) is 0.234. The second kappa shape index (κ2) is 9.11. The fraction of sp³-hybridized carbons (Fsp3) is 0.882. The normalized spacial score (nSPS) is 21.4. The summed E-state index contributed by atoms with van der Waals surface area (Å²) in [6.07, 6.45) is 1.82. The minimum Gasteiger partial charge on any atom is -0.396 e. The second-order valence-corrected chi connectivity index (χ2v) is 7.09. The standard InChI is InChI=1S/C17H34N4O2/c1-6-17(5,12-22)11-19-16(18-7-2)20-14-8-9-21(10-14)15(23)13(3)4/h13-14,22H,6-12H2,1-5H3,(H2,18,19,20). The van der Waals surface area contributed by atoms with Crippen LogP contribution in [-0.4, -0.2) is 60.7 Å². The van der Waals surface area contributed by atoms with Crippen molar-refractivity contribution in [3.05, 3.63) is 0 Å². The smallest absolute Gasteiger partial charge is 0.225 e. The largest absolute Gasteiger partial charge is 0.396 e. The molecule has 23 heavy (non-hydrogen) atoms. The number of carbonyl (C=O) groups is 1. The number of hydrogen-bond donors (Lipinski definition) is 3. The van der Waals surface area contributed by atoms with Crippen LogP contribution in [0.5, 0.6) is 0 Å². The van der Waals surface area contributed by atoms with Crippen LogP contribution in [0.3, 0.4) is 0 Å². The minimum atomic E-state index is -0.183. The number of nitrogens with one attached hydrogen (secondary N) is 2. The predicted molar refractivity (Wildman–Crippen MR) is 94.4 cm³/mol. The van der Waals surface area contributed by atoms with Gasteiger partial charge in [-0.05, 0) is 19.8 Å². The fourth-order valence-electron chi connectivity index (χ4n) is 2.50. The van der Waals surface area contributed by atoms with Gasteiger partial charge >= 0.3 is 0 Å². The number of likely N-dealkylation sites (tertiary alicyclic amines) is 1. The number of aliphatic imine (C=N–C) groups is 1. The zero-order valence-corrected chi connectivity index (χ0v) is 15.4. The third kappa shape index (κ3) is 6.01. The van der Waals surface area contributed by atoms with E-state index in [-0.39, 0.29) is 29.9 Å². The topological polar surface area (TPSA) is 77.0 Å². The molecule has 0 saturated carbocycles. The van der Waals surface area contributed by atoms with Gasteiger partial charge in [0.2, 0.25) is 5.91 Å². The Morgan fingerprint density at radius 2 is 2.13 bits per heavy atom. The lowest BCUT2D eigenvalue weighted by Crippen LogP contribution is -2.46. The summed E-state index contributed by atoms with van der Waals surface area (Å²) in [6.45, 7) is 13.1. The summed E-state index contributed by atoms with van der Waals surface area (Å²) >= 11 is 0. The molecule has 1 rings (SSSR count). The van der Waals surface area contributed by atoms with Crippen LogP contribution in [0, 0.1) is 11.3 Å². The van der Waals surface area contributed by atoms with Crippen LogP contribution in [0.25, 0.3) is 0 Å². The third-order valence-corrected chi connectivity index (χ3v) is 4.53. The van der Waals surface area contributed by atoms with Crippen molar-refractivity contribution >= 4 is 11.9 Å². The zero-order chi connectivity index (χ0) is 17.5. The Hall–Kier alpha value is -1.30. The average Bonchev–Trinajstić information content (AvgIpc) is 3.00. The van der Waals surface area contributed by atoms with Gasteiger partial charge in [-0.3, -0.25) is 9.79 Å². The van der Waals surface area contributed by atoms with Crippen LogP contribution in [0.15, 0.2) is 4.99 Å². The van der Waals surface area contributed by atoms with Crippen molar-refractivity contribution in [3.63, 3.8) is 0 Å². The van der Waals surface area contributed by atoms with Gasteiger partial charge in [-0.25, -0.2) is 0 Å². The Kier molecular flexibility index (Phi) is 7.82. The van der Waals surface area contributed by atoms with Crippen molar-refractivity contribution in [3.8, 4) is 0 Å². The highest BCUT2D eigenvalue weighted by atomic mass is 16.3. The average molecular weight is 326 g/mol. The Balaban J connectivity index is 2.61. The number of amides is 1. The molecule has 0 radical (unpaired) electrons. The summed E-state index contributed by atoms with van der Waals surface area (Å²) in [7, 11) is 0. The maximum absolute atomic E-state index is 12.1. The lowest BCUT2D eigenvalue weighted by atomic mass is 9.89. The molecule has 0 aromatic carbocycles. The molecule has 1 amide bonds. The van der Waals surface area contributed by atoms with E-state index in [1.807, 2.05) is 32.6 Å². The van der Waals surface area contributed by atoms with Crippen LogP contribution in [0.2, 0.25) is 0 Å². The van der Waals surface area contributed by atoms with E-state index in [0.717, 1.165) is 38.4 Å². The minimum absolute atomic E-state index is 0.0467. The summed E-state index contributed by atoms with van der Waals surface area (Å²) in [5.74, 6) is 1.03. The van der Waals surface area contributed by atoms with Gasteiger partial charge in [-0.1, -0.05) is 27.7 Å². The van der Waals surface area contributed by atoms with Crippen LogP contribution >= 0.6 is 0 Å². The molecule has 0 bridgehead atoms. The van der Waals surface area contributed by atoms with Crippen molar-refractivity contribution in [1.82, 2.24) is 15.5 Å². The number of nitrogens with zero attached hydrogens (tertiary/aromatic N) is 2. The van der Waals surface area contributed by atoms with Crippen molar-refractivity contribution < 1.29 is 9.90 Å². The zero-order valence-electron chi connectivity index (χ0n) is 15.4. The molecule has 6 nitrogen and oxygen atoms in total. The van der Waals surface area contributed by atoms with Gasteiger partial charge in [0, 0.05) is 37.0 Å². The number of aliphatic hydroxyl groups is 1. The number of guanidine groups is 1. The Morgan fingerprint density at radius 1 is 1.43 bits per heavy atom. The summed E-state index contributed by atoms with van der Waals surface area (Å²) in [5.41, 5.74) is -0.183. The first-order chi connectivity index (χ1) is 10.8. The van der Waals surface area contributed by atoms with E-state index < -0.39 is 0 Å². The van der Waals surface area contributed by atoms with Crippen molar-refractivity contribution in [2.24, 2.45) is 16.3 Å². The second-order valence-electron chi connectivity index (χ2n) is 7.09. The molecule has 1 aliphatic rings. The van der Waals surface area contributed by atoms with E-state index in [9.17, 15) is 9.90 Å². The third-order valence-electron chi connectivity index (χ3n) is 4.53. The lowest BCUT2D eigenvalue weighted by molar-refractivity contribution is -0.133. The monoisotopic (exact) mass is 326 g/mol. The molecule has 1 saturated heterocycles. The maximum atomic E-state index is 12.1. The van der Waals surface area contributed by atoms with Gasteiger partial charge in [0.05, 0.1) is 13.2 Å². The highest BCUT2D eigenvalue weighted by Crippen LogP contribution is 2.20. The van der Waals surface area contributed by atoms with E-state index in [1.165, 1.54) is 0 Å². The van der Waals surface area contributed by atoms with Crippen LogP contribution < -0.4 is 10.6 Å². The molecule has 0 spiro atoms. The first-order valence-electron chi connectivity index (χ1n) is 8.79. The molecule has 0 aromatic rings. The van der Waals surface area contributed by atoms with Crippen molar-refractivity contribution in [1.29, 1.82) is 0 Å². The molecule has 2 atom stereocenters. The summed E-state index contributed by atoms with van der Waals surface area (Å²) in [5, 5.41) is 16.2. The molecule has 134 valence electrons. The summed E-state index contributed by atoms with van der Waals surface area (Å²) in [4.78, 5) is 18.6. The van der Waals surface area contributed by atoms with Gasteiger partial charge < -0.3 is 20.6 Å². The number of rotatable bonds is 7. The Bertz CT molecular complexity index is 405. The van der Waals surface area contributed by atoms with Crippen molar-refractivity contribution in [2.45, 2.75) is 53.5 Å². The molecular formula is C17H34N4O2. The van der Waals surface area contributed by atoms with E-state index in [0.29, 0.717) is 6.54 Å². The Morgan fingerprint density at radius 3 is 2.65 bits per heavy atom. The van der Waals surface area contributed by atoms with E-state index in [1.54, 1.807) is 0 Å². The van der Waals surface area contributed by atoms with E-state index >= 15 is 0 Å². The number of carbonyl (C=O) groups excluding carboxylic acids is 1. The van der Waals surface area contributed by atoms with Crippen molar-refractivity contribution in [2.75, 3.05) is 32.8 Å². The van der Waals surface area contributed by atoms with Crippen LogP contribution in [0.1, 0.15) is 47.5 Å². The quantitative estimate of drug-likeness (QED) is 0.485. The highest BCUT2D eigenvalue weighted by molar-refractivity contribution is 5.81. The molecule has 1 heterocycles. The van der Waals surface area contributed by atoms with Gasteiger partial charge in [0.15, 0.2) is 5.96 Å². The van der Waals surface area contributed by atoms with Gasteiger partial charge in [-0.15, -0.1) is 0 Å². The molecular weight excluding hydrogens is 292 g/mol. The lowest BCUT2D eigenvalue weighted by Gasteiger charge is -2.25. The van der Waals surface area contributed by atoms with E-state index in [4.69, 9.17) is 0 Å². The first kappa shape index (κ1) is 19.7. The van der Waals surface area contributed by atoms with Crippen LogP contribution in [0.4, 0.5) is 0 Å². The molecule has 1 aliphatic heterocycles. The van der Waals surface area contributed by atoms with Gasteiger partial charge in [0.1, 0.15) is 0 Å². The number of aliphatic hydroxyl groups excluding tert-OH is 1. The van der Waals surface area contributed by atoms with E-state index in [2.05, 4.69) is 22.5 Å². The SMILES string of the molecule is CCNC(=NCC(C)(CC)CO)NC1CCN(C(=O)C(C)C)C1. The van der Waals surface area contributed by atoms with Gasteiger partial charge in [0.25, 0.3) is 0 Å². The highest BCUT2D eigenvalue weighted by Gasteiger charge is 2.28. The maximum Gasteiger partial charge on any atom is 0.225 e. The molecule has 2 unspecified atom stereocenters.